The molecule has 1 aromatic heterocycles. The summed E-state index contributed by atoms with van der Waals surface area (Å²) in [5, 5.41) is 2.42. The molecule has 0 N–H and O–H groups in total. The first kappa shape index (κ1) is 11.8. The summed E-state index contributed by atoms with van der Waals surface area (Å²) in [7, 11) is 0. The summed E-state index contributed by atoms with van der Waals surface area (Å²) in [6.07, 6.45) is 3.70. The fraction of sp³-hybridized carbons (Fsp3) is 0.188. The van der Waals surface area contributed by atoms with Crippen LogP contribution in [0.5, 0.6) is 0 Å². The van der Waals surface area contributed by atoms with E-state index in [1.165, 1.54) is 16.3 Å². The van der Waals surface area contributed by atoms with Gasteiger partial charge in [0.2, 0.25) is 0 Å². The highest BCUT2D eigenvalue weighted by Gasteiger charge is 2.05. The molecule has 3 aromatic rings. The lowest BCUT2D eigenvalue weighted by molar-refractivity contribution is 0.670. The number of rotatable bonds is 3. The van der Waals surface area contributed by atoms with Crippen molar-refractivity contribution in [1.29, 1.82) is 0 Å². The van der Waals surface area contributed by atoms with Gasteiger partial charge in [-0.15, -0.1) is 0 Å². The van der Waals surface area contributed by atoms with E-state index in [4.69, 9.17) is 0 Å². The maximum Gasteiger partial charge on any atom is 0.328 e. The van der Waals surface area contributed by atoms with Crippen molar-refractivity contribution in [2.24, 2.45) is 0 Å². The molecular weight excluding hydrogens is 236 g/mol. The predicted molar refractivity (Wildman–Crippen MR) is 77.4 cm³/mol. The summed E-state index contributed by atoms with van der Waals surface area (Å²) in [6.45, 7) is 3.30. The number of hydrogen-bond acceptors (Lipinski definition) is 1. The number of aryl methyl sites for hydroxylation is 1. The summed E-state index contributed by atoms with van der Waals surface area (Å²) in [5.41, 5.74) is 1.23. The van der Waals surface area contributed by atoms with Gasteiger partial charge in [0.25, 0.3) is 0 Å². The minimum absolute atomic E-state index is 0.0513. The highest BCUT2D eigenvalue weighted by atomic mass is 16.1. The maximum absolute atomic E-state index is 12.1. The Balaban J connectivity index is 2.06. The van der Waals surface area contributed by atoms with Crippen LogP contribution in [-0.2, 0) is 13.1 Å². The Morgan fingerprint density at radius 3 is 2.47 bits per heavy atom. The molecule has 3 heteroatoms. The Hall–Kier alpha value is -2.29. The zero-order valence-corrected chi connectivity index (χ0v) is 10.9. The topological polar surface area (TPSA) is 26.9 Å². The van der Waals surface area contributed by atoms with Gasteiger partial charge in [0.15, 0.2) is 0 Å². The van der Waals surface area contributed by atoms with Crippen LogP contribution in [0.2, 0.25) is 0 Å². The van der Waals surface area contributed by atoms with Gasteiger partial charge >= 0.3 is 5.69 Å². The van der Waals surface area contributed by atoms with Gasteiger partial charge < -0.3 is 0 Å². The minimum atomic E-state index is 0.0513. The van der Waals surface area contributed by atoms with Crippen molar-refractivity contribution in [1.82, 2.24) is 9.13 Å². The van der Waals surface area contributed by atoms with Crippen LogP contribution >= 0.6 is 0 Å². The Bertz CT molecular complexity index is 762. The molecule has 1 heterocycles. The van der Waals surface area contributed by atoms with Gasteiger partial charge in [-0.2, -0.15) is 0 Å². The zero-order chi connectivity index (χ0) is 13.2. The molecule has 0 amide bonds. The molecule has 0 aliphatic heterocycles. The van der Waals surface area contributed by atoms with Gasteiger partial charge in [-0.3, -0.25) is 9.13 Å². The monoisotopic (exact) mass is 252 g/mol. The zero-order valence-electron chi connectivity index (χ0n) is 10.9. The molecule has 0 atom stereocenters. The van der Waals surface area contributed by atoms with E-state index in [9.17, 15) is 4.79 Å². The van der Waals surface area contributed by atoms with E-state index in [1.54, 1.807) is 9.13 Å². The predicted octanol–water partition coefficient (Wildman–Crippen LogP) is 2.87. The summed E-state index contributed by atoms with van der Waals surface area (Å²) >= 11 is 0. The van der Waals surface area contributed by atoms with Crippen LogP contribution in [0.15, 0.2) is 59.7 Å². The second-order valence-corrected chi connectivity index (χ2v) is 4.63. The lowest BCUT2D eigenvalue weighted by Crippen LogP contribution is -2.23. The molecule has 0 bridgehead atoms. The third kappa shape index (κ3) is 2.08. The van der Waals surface area contributed by atoms with Crippen molar-refractivity contribution in [2.75, 3.05) is 0 Å². The van der Waals surface area contributed by atoms with Crippen molar-refractivity contribution < 1.29 is 0 Å². The van der Waals surface area contributed by atoms with Crippen LogP contribution in [0.25, 0.3) is 10.8 Å². The number of imidazole rings is 1. The van der Waals surface area contributed by atoms with Crippen molar-refractivity contribution in [3.05, 3.63) is 70.9 Å². The summed E-state index contributed by atoms with van der Waals surface area (Å²) in [4.78, 5) is 12.1. The number of fused-ring (bicyclic) bond motifs is 1. The largest absolute Gasteiger partial charge is 0.328 e. The summed E-state index contributed by atoms with van der Waals surface area (Å²) < 4.78 is 3.47. The first-order valence-corrected chi connectivity index (χ1v) is 6.52. The first-order valence-electron chi connectivity index (χ1n) is 6.52. The quantitative estimate of drug-likeness (QED) is 0.704. The normalized spacial score (nSPS) is 11.0. The van der Waals surface area contributed by atoms with Crippen molar-refractivity contribution in [2.45, 2.75) is 20.0 Å². The molecule has 0 unspecified atom stereocenters. The van der Waals surface area contributed by atoms with Crippen molar-refractivity contribution in [3.63, 3.8) is 0 Å². The molecule has 0 radical (unpaired) electrons. The molecule has 0 fully saturated rings. The number of nitrogens with zero attached hydrogens (tertiary/aromatic N) is 2. The molecule has 0 saturated heterocycles. The lowest BCUT2D eigenvalue weighted by atomic mass is 10.0. The average molecular weight is 252 g/mol. The van der Waals surface area contributed by atoms with E-state index in [0.29, 0.717) is 13.1 Å². The first-order chi connectivity index (χ1) is 9.29. The van der Waals surface area contributed by atoms with Gasteiger partial charge in [-0.1, -0.05) is 42.5 Å². The number of hydrogen-bond donors (Lipinski definition) is 0. The van der Waals surface area contributed by atoms with Crippen LogP contribution in [0.4, 0.5) is 0 Å². The molecule has 3 nitrogen and oxygen atoms in total. The fourth-order valence-corrected chi connectivity index (χ4v) is 2.43. The van der Waals surface area contributed by atoms with E-state index < -0.39 is 0 Å². The van der Waals surface area contributed by atoms with Crippen LogP contribution in [0.1, 0.15) is 12.5 Å². The summed E-state index contributed by atoms with van der Waals surface area (Å²) in [5.74, 6) is 0. The van der Waals surface area contributed by atoms with Crippen LogP contribution in [0.3, 0.4) is 0 Å². The minimum Gasteiger partial charge on any atom is -0.300 e. The fourth-order valence-electron chi connectivity index (χ4n) is 2.43. The van der Waals surface area contributed by atoms with E-state index in [-0.39, 0.29) is 5.69 Å². The SMILES string of the molecule is CCn1ccn(Cc2cccc3ccccc23)c1=O. The van der Waals surface area contributed by atoms with Crippen molar-refractivity contribution in [3.8, 4) is 0 Å². The Labute approximate surface area is 111 Å². The maximum atomic E-state index is 12.1. The van der Waals surface area contributed by atoms with E-state index in [2.05, 4.69) is 24.3 Å². The van der Waals surface area contributed by atoms with Crippen LogP contribution in [-0.4, -0.2) is 9.13 Å². The smallest absolute Gasteiger partial charge is 0.300 e. The second-order valence-electron chi connectivity index (χ2n) is 4.63. The lowest BCUT2D eigenvalue weighted by Gasteiger charge is -2.06. The van der Waals surface area contributed by atoms with Gasteiger partial charge in [0, 0.05) is 18.9 Å². The molecule has 2 aromatic carbocycles. The highest BCUT2D eigenvalue weighted by molar-refractivity contribution is 5.85. The van der Waals surface area contributed by atoms with E-state index >= 15 is 0 Å². The van der Waals surface area contributed by atoms with Gasteiger partial charge in [0.05, 0.1) is 6.54 Å². The van der Waals surface area contributed by atoms with Crippen molar-refractivity contribution >= 4 is 10.8 Å². The summed E-state index contributed by atoms with van der Waals surface area (Å²) in [6, 6.07) is 14.5. The van der Waals surface area contributed by atoms with Crippen LogP contribution in [0, 0.1) is 0 Å². The molecule has 0 aliphatic carbocycles. The van der Waals surface area contributed by atoms with Gasteiger partial charge in [-0.25, -0.2) is 4.79 Å². The standard InChI is InChI=1S/C16H16N2O/c1-2-17-10-11-18(16(17)19)12-14-8-5-7-13-6-3-4-9-15(13)14/h3-11H,2,12H2,1H3. The molecule has 19 heavy (non-hydrogen) atoms. The van der Waals surface area contributed by atoms with Gasteiger partial charge in [0.1, 0.15) is 0 Å². The number of aromatic nitrogens is 2. The molecule has 0 spiro atoms. The molecule has 3 rings (SSSR count). The Kier molecular flexibility index (Phi) is 2.95. The molecular formula is C16H16N2O. The van der Waals surface area contributed by atoms with E-state index in [1.807, 2.05) is 37.5 Å². The molecule has 0 saturated carbocycles. The van der Waals surface area contributed by atoms with E-state index in [0.717, 1.165) is 0 Å². The molecule has 0 aliphatic rings. The number of benzene rings is 2. The Morgan fingerprint density at radius 1 is 0.947 bits per heavy atom. The average Bonchev–Trinajstić information content (AvgIpc) is 2.80. The third-order valence-electron chi connectivity index (χ3n) is 3.48. The van der Waals surface area contributed by atoms with Crippen LogP contribution < -0.4 is 5.69 Å². The highest BCUT2D eigenvalue weighted by Crippen LogP contribution is 2.18. The third-order valence-corrected chi connectivity index (χ3v) is 3.48. The Morgan fingerprint density at radius 2 is 1.68 bits per heavy atom. The molecule has 96 valence electrons. The van der Waals surface area contributed by atoms with Gasteiger partial charge in [-0.05, 0) is 23.3 Å². The second kappa shape index (κ2) is 4.76.